The number of benzene rings is 2. The third kappa shape index (κ3) is 2.69. The molecule has 1 N–H and O–H groups in total. The molecule has 0 aromatic heterocycles. The van der Waals surface area contributed by atoms with Crippen molar-refractivity contribution in [3.63, 3.8) is 0 Å². The molecule has 0 aliphatic rings. The highest BCUT2D eigenvalue weighted by Crippen LogP contribution is 2.25. The Morgan fingerprint density at radius 3 is 2.50 bits per heavy atom. The summed E-state index contributed by atoms with van der Waals surface area (Å²) in [6, 6.07) is 12.3. The maximum atomic E-state index is 9.33. The van der Waals surface area contributed by atoms with Crippen molar-refractivity contribution in [2.45, 2.75) is 0 Å². The molecule has 2 aromatic rings. The van der Waals surface area contributed by atoms with Gasteiger partial charge in [-0.25, -0.2) is 0 Å². The van der Waals surface area contributed by atoms with Crippen LogP contribution in [0, 0.1) is 6.42 Å². The summed E-state index contributed by atoms with van der Waals surface area (Å²) in [5, 5.41) is 10.5. The summed E-state index contributed by atoms with van der Waals surface area (Å²) in [5.74, 6) is 0.235. The summed E-state index contributed by atoms with van der Waals surface area (Å²) in [6.45, 7) is 0. The molecule has 0 fully saturated rings. The maximum absolute atomic E-state index is 9.33. The molecular formula is C13H9Cl2O. The Morgan fingerprint density at radius 1 is 1.00 bits per heavy atom. The minimum atomic E-state index is 0.235. The Balaban J connectivity index is 2.27. The van der Waals surface area contributed by atoms with Gasteiger partial charge in [0, 0.05) is 16.5 Å². The summed E-state index contributed by atoms with van der Waals surface area (Å²) in [5.41, 5.74) is 1.76. The van der Waals surface area contributed by atoms with E-state index in [0.717, 1.165) is 11.1 Å². The van der Waals surface area contributed by atoms with Crippen molar-refractivity contribution in [3.8, 4) is 5.75 Å². The largest absolute Gasteiger partial charge is 0.508 e. The maximum Gasteiger partial charge on any atom is 0.115 e. The predicted octanol–water partition coefficient (Wildman–Crippen LogP) is 4.30. The van der Waals surface area contributed by atoms with Crippen LogP contribution < -0.4 is 0 Å². The Labute approximate surface area is 104 Å². The number of phenolic OH excluding ortho intramolecular Hbond substituents is 1. The van der Waals surface area contributed by atoms with Crippen LogP contribution >= 0.6 is 23.2 Å². The molecule has 3 heteroatoms. The summed E-state index contributed by atoms with van der Waals surface area (Å²) >= 11 is 11.8. The first kappa shape index (κ1) is 11.3. The molecule has 1 radical (unpaired) electrons. The second kappa shape index (κ2) is 4.77. The fourth-order valence-corrected chi connectivity index (χ4v) is 1.88. The molecule has 81 valence electrons. The highest BCUT2D eigenvalue weighted by molar-refractivity contribution is 6.35. The van der Waals surface area contributed by atoms with E-state index in [-0.39, 0.29) is 5.75 Å². The molecule has 0 heterocycles. The SMILES string of the molecule is Oc1cccc([CH]c2ccc(Cl)cc2Cl)c1. The van der Waals surface area contributed by atoms with Crippen molar-refractivity contribution < 1.29 is 5.11 Å². The highest BCUT2D eigenvalue weighted by atomic mass is 35.5. The van der Waals surface area contributed by atoms with Crippen LogP contribution in [0.15, 0.2) is 42.5 Å². The topological polar surface area (TPSA) is 20.2 Å². The zero-order valence-corrected chi connectivity index (χ0v) is 9.83. The molecule has 0 bridgehead atoms. The Hall–Kier alpha value is -1.18. The van der Waals surface area contributed by atoms with Gasteiger partial charge in [-0.05, 0) is 35.4 Å². The third-order valence-corrected chi connectivity index (χ3v) is 2.72. The van der Waals surface area contributed by atoms with Crippen molar-refractivity contribution in [1.29, 1.82) is 0 Å². The third-order valence-electron chi connectivity index (χ3n) is 2.15. The first-order valence-corrected chi connectivity index (χ1v) is 5.49. The quantitative estimate of drug-likeness (QED) is 0.844. The predicted molar refractivity (Wildman–Crippen MR) is 67.1 cm³/mol. The van der Waals surface area contributed by atoms with Gasteiger partial charge in [-0.2, -0.15) is 0 Å². The Morgan fingerprint density at radius 2 is 1.81 bits per heavy atom. The van der Waals surface area contributed by atoms with Crippen molar-refractivity contribution in [3.05, 3.63) is 70.1 Å². The lowest BCUT2D eigenvalue weighted by Gasteiger charge is -2.04. The Kier molecular flexibility index (Phi) is 3.37. The van der Waals surface area contributed by atoms with Crippen LogP contribution in [0.3, 0.4) is 0 Å². The minimum Gasteiger partial charge on any atom is -0.508 e. The lowest BCUT2D eigenvalue weighted by atomic mass is 10.0. The second-order valence-corrected chi connectivity index (χ2v) is 4.25. The molecule has 2 aromatic carbocycles. The summed E-state index contributed by atoms with van der Waals surface area (Å²) in [6.07, 6.45) is 1.89. The van der Waals surface area contributed by atoms with Crippen LogP contribution in [0.5, 0.6) is 5.75 Å². The smallest absolute Gasteiger partial charge is 0.115 e. The van der Waals surface area contributed by atoms with Crippen LogP contribution in [0.4, 0.5) is 0 Å². The number of phenols is 1. The van der Waals surface area contributed by atoms with Gasteiger partial charge >= 0.3 is 0 Å². The molecule has 0 atom stereocenters. The minimum absolute atomic E-state index is 0.235. The Bertz CT molecular complexity index is 509. The van der Waals surface area contributed by atoms with E-state index in [1.165, 1.54) is 0 Å². The van der Waals surface area contributed by atoms with Crippen LogP contribution in [0.25, 0.3) is 0 Å². The first-order valence-electron chi connectivity index (χ1n) is 4.74. The summed E-state index contributed by atoms with van der Waals surface area (Å²) in [7, 11) is 0. The summed E-state index contributed by atoms with van der Waals surface area (Å²) in [4.78, 5) is 0. The lowest BCUT2D eigenvalue weighted by molar-refractivity contribution is 0.475. The van der Waals surface area contributed by atoms with Crippen LogP contribution in [-0.2, 0) is 0 Å². The van der Waals surface area contributed by atoms with Crippen molar-refractivity contribution in [2.24, 2.45) is 0 Å². The number of halogens is 2. The number of rotatable bonds is 2. The van der Waals surface area contributed by atoms with Gasteiger partial charge in [0.05, 0.1) is 0 Å². The lowest BCUT2D eigenvalue weighted by Crippen LogP contribution is -1.86. The van der Waals surface area contributed by atoms with E-state index in [2.05, 4.69) is 0 Å². The van der Waals surface area contributed by atoms with Gasteiger partial charge in [0.2, 0.25) is 0 Å². The zero-order chi connectivity index (χ0) is 11.5. The van der Waals surface area contributed by atoms with E-state index in [0.29, 0.717) is 10.0 Å². The fourth-order valence-electron chi connectivity index (χ4n) is 1.41. The molecule has 0 amide bonds. The standard InChI is InChI=1S/C13H9Cl2O/c14-11-5-4-10(13(15)8-11)6-9-2-1-3-12(16)7-9/h1-8,16H. The van der Waals surface area contributed by atoms with E-state index < -0.39 is 0 Å². The number of hydrogen-bond acceptors (Lipinski definition) is 1. The van der Waals surface area contributed by atoms with Crippen molar-refractivity contribution in [1.82, 2.24) is 0 Å². The normalized spacial score (nSPS) is 10.4. The monoisotopic (exact) mass is 251 g/mol. The molecule has 0 spiro atoms. The fraction of sp³-hybridized carbons (Fsp3) is 0. The van der Waals surface area contributed by atoms with E-state index in [1.807, 2.05) is 18.6 Å². The van der Waals surface area contributed by atoms with Gasteiger partial charge in [-0.15, -0.1) is 0 Å². The first-order chi connectivity index (χ1) is 7.65. The highest BCUT2D eigenvalue weighted by Gasteiger charge is 2.03. The van der Waals surface area contributed by atoms with Gasteiger partial charge < -0.3 is 5.11 Å². The number of aromatic hydroxyl groups is 1. The number of hydrogen-bond donors (Lipinski definition) is 1. The van der Waals surface area contributed by atoms with Gasteiger partial charge in [-0.3, -0.25) is 0 Å². The molecule has 0 saturated carbocycles. The molecule has 0 aliphatic heterocycles. The molecular weight excluding hydrogens is 243 g/mol. The van der Waals surface area contributed by atoms with Gasteiger partial charge in [-0.1, -0.05) is 41.4 Å². The molecule has 16 heavy (non-hydrogen) atoms. The van der Waals surface area contributed by atoms with E-state index in [1.54, 1.807) is 30.3 Å². The second-order valence-electron chi connectivity index (χ2n) is 3.41. The van der Waals surface area contributed by atoms with Crippen molar-refractivity contribution >= 4 is 23.2 Å². The van der Waals surface area contributed by atoms with Gasteiger partial charge in [0.1, 0.15) is 5.75 Å². The molecule has 0 saturated heterocycles. The van der Waals surface area contributed by atoms with E-state index in [9.17, 15) is 5.11 Å². The summed E-state index contributed by atoms with van der Waals surface area (Å²) < 4.78 is 0. The van der Waals surface area contributed by atoms with Crippen LogP contribution in [-0.4, -0.2) is 5.11 Å². The average Bonchev–Trinajstić information content (AvgIpc) is 2.22. The molecule has 1 nitrogen and oxygen atoms in total. The van der Waals surface area contributed by atoms with E-state index >= 15 is 0 Å². The van der Waals surface area contributed by atoms with Crippen LogP contribution in [0.2, 0.25) is 10.0 Å². The van der Waals surface area contributed by atoms with Crippen molar-refractivity contribution in [2.75, 3.05) is 0 Å². The van der Waals surface area contributed by atoms with Gasteiger partial charge in [0.25, 0.3) is 0 Å². The molecule has 0 unspecified atom stereocenters. The molecule has 0 aliphatic carbocycles. The average molecular weight is 252 g/mol. The van der Waals surface area contributed by atoms with Crippen LogP contribution in [0.1, 0.15) is 11.1 Å². The zero-order valence-electron chi connectivity index (χ0n) is 8.32. The van der Waals surface area contributed by atoms with E-state index in [4.69, 9.17) is 23.2 Å². The molecule has 2 rings (SSSR count). The van der Waals surface area contributed by atoms with Gasteiger partial charge in [0.15, 0.2) is 0 Å².